The Morgan fingerprint density at radius 2 is 1.94 bits per heavy atom. The van der Waals surface area contributed by atoms with Crippen molar-refractivity contribution in [2.45, 2.75) is 38.1 Å². The lowest BCUT2D eigenvalue weighted by Gasteiger charge is -2.31. The van der Waals surface area contributed by atoms with Gasteiger partial charge in [0.05, 0.1) is 0 Å². The molecular weight excluding hydrogens is 224 g/mol. The summed E-state index contributed by atoms with van der Waals surface area (Å²) >= 11 is 0. The van der Waals surface area contributed by atoms with E-state index in [-0.39, 0.29) is 17.9 Å². The molecule has 0 saturated carbocycles. The summed E-state index contributed by atoms with van der Waals surface area (Å²) in [5.74, 6) is 0.549. The van der Waals surface area contributed by atoms with Gasteiger partial charge in [0.15, 0.2) is 0 Å². The van der Waals surface area contributed by atoms with Crippen LogP contribution in [0.5, 0.6) is 0 Å². The molecule has 1 aliphatic heterocycles. The SMILES string of the molecule is C[C@H](CC(=O)N1CCC(N)CC1)c1ccccc1. The van der Waals surface area contributed by atoms with Crippen LogP contribution >= 0.6 is 0 Å². The minimum absolute atomic E-state index is 0.262. The monoisotopic (exact) mass is 246 g/mol. The predicted molar refractivity (Wildman–Crippen MR) is 73.3 cm³/mol. The van der Waals surface area contributed by atoms with Crippen molar-refractivity contribution < 1.29 is 4.79 Å². The zero-order valence-electron chi connectivity index (χ0n) is 11.0. The number of hydrogen-bond acceptors (Lipinski definition) is 2. The Morgan fingerprint density at radius 3 is 2.56 bits per heavy atom. The summed E-state index contributed by atoms with van der Waals surface area (Å²) in [6.07, 6.45) is 2.47. The van der Waals surface area contributed by atoms with E-state index in [2.05, 4.69) is 19.1 Å². The Morgan fingerprint density at radius 1 is 1.33 bits per heavy atom. The number of hydrogen-bond donors (Lipinski definition) is 1. The summed E-state index contributed by atoms with van der Waals surface area (Å²) in [5.41, 5.74) is 7.09. The third-order valence-electron chi connectivity index (χ3n) is 3.74. The molecule has 0 radical (unpaired) electrons. The molecule has 1 heterocycles. The maximum Gasteiger partial charge on any atom is 0.223 e. The minimum Gasteiger partial charge on any atom is -0.343 e. The molecule has 1 atom stereocenters. The summed E-state index contributed by atoms with van der Waals surface area (Å²) < 4.78 is 0. The predicted octanol–water partition coefficient (Wildman–Crippen LogP) is 2.13. The van der Waals surface area contributed by atoms with E-state index >= 15 is 0 Å². The van der Waals surface area contributed by atoms with Crippen LogP contribution in [0.2, 0.25) is 0 Å². The third kappa shape index (κ3) is 3.33. The van der Waals surface area contributed by atoms with E-state index in [0.29, 0.717) is 6.42 Å². The summed E-state index contributed by atoms with van der Waals surface area (Å²) in [7, 11) is 0. The number of piperidine rings is 1. The van der Waals surface area contributed by atoms with Gasteiger partial charge in [0, 0.05) is 25.6 Å². The molecule has 0 spiro atoms. The molecule has 0 bridgehead atoms. The van der Waals surface area contributed by atoms with Crippen LogP contribution in [0.15, 0.2) is 30.3 Å². The van der Waals surface area contributed by atoms with Crippen molar-refractivity contribution in [3.8, 4) is 0 Å². The van der Waals surface area contributed by atoms with E-state index in [1.165, 1.54) is 5.56 Å². The van der Waals surface area contributed by atoms with Gasteiger partial charge < -0.3 is 10.6 Å². The molecule has 1 amide bonds. The van der Waals surface area contributed by atoms with Crippen molar-refractivity contribution in [2.75, 3.05) is 13.1 Å². The molecule has 1 fully saturated rings. The van der Waals surface area contributed by atoms with E-state index < -0.39 is 0 Å². The van der Waals surface area contributed by atoms with Crippen LogP contribution < -0.4 is 5.73 Å². The smallest absolute Gasteiger partial charge is 0.223 e. The van der Waals surface area contributed by atoms with Crippen molar-refractivity contribution in [3.63, 3.8) is 0 Å². The van der Waals surface area contributed by atoms with Gasteiger partial charge in [-0.15, -0.1) is 0 Å². The Kier molecular flexibility index (Phi) is 4.37. The molecule has 18 heavy (non-hydrogen) atoms. The van der Waals surface area contributed by atoms with Gasteiger partial charge in [0.1, 0.15) is 0 Å². The van der Waals surface area contributed by atoms with Crippen molar-refractivity contribution in [2.24, 2.45) is 5.73 Å². The highest BCUT2D eigenvalue weighted by Gasteiger charge is 2.22. The van der Waals surface area contributed by atoms with Gasteiger partial charge in [0.2, 0.25) is 5.91 Å². The Balaban J connectivity index is 1.87. The Hall–Kier alpha value is -1.35. The standard InChI is InChI=1S/C15H22N2O/c1-12(13-5-3-2-4-6-13)11-15(18)17-9-7-14(16)8-10-17/h2-6,12,14H,7-11,16H2,1H3/t12-/m1/s1. The first-order valence-corrected chi connectivity index (χ1v) is 6.75. The number of nitrogens with two attached hydrogens (primary N) is 1. The maximum atomic E-state index is 12.2. The lowest BCUT2D eigenvalue weighted by atomic mass is 9.96. The summed E-state index contributed by atoms with van der Waals surface area (Å²) in [6, 6.07) is 10.5. The second-order valence-electron chi connectivity index (χ2n) is 5.23. The minimum atomic E-state index is 0.262. The number of rotatable bonds is 3. The number of likely N-dealkylation sites (tertiary alicyclic amines) is 1. The van der Waals surface area contributed by atoms with Crippen LogP contribution in [-0.2, 0) is 4.79 Å². The van der Waals surface area contributed by atoms with Crippen LogP contribution in [0.3, 0.4) is 0 Å². The van der Waals surface area contributed by atoms with Gasteiger partial charge in [-0.1, -0.05) is 37.3 Å². The normalized spacial score (nSPS) is 18.7. The zero-order valence-corrected chi connectivity index (χ0v) is 11.0. The van der Waals surface area contributed by atoms with Crippen LogP contribution in [0.1, 0.15) is 37.7 Å². The molecule has 2 rings (SSSR count). The average molecular weight is 246 g/mol. The van der Waals surface area contributed by atoms with E-state index in [4.69, 9.17) is 5.73 Å². The lowest BCUT2D eigenvalue weighted by Crippen LogP contribution is -2.43. The van der Waals surface area contributed by atoms with Gasteiger partial charge in [-0.25, -0.2) is 0 Å². The van der Waals surface area contributed by atoms with Gasteiger partial charge in [-0.3, -0.25) is 4.79 Å². The summed E-state index contributed by atoms with van der Waals surface area (Å²) in [6.45, 7) is 3.76. The van der Waals surface area contributed by atoms with Crippen molar-refractivity contribution in [3.05, 3.63) is 35.9 Å². The van der Waals surface area contributed by atoms with Crippen LogP contribution in [-0.4, -0.2) is 29.9 Å². The molecule has 1 aromatic carbocycles. The number of carbonyl (C=O) groups is 1. The van der Waals surface area contributed by atoms with Crippen LogP contribution in [0.4, 0.5) is 0 Å². The van der Waals surface area contributed by atoms with Crippen molar-refractivity contribution in [1.82, 2.24) is 4.90 Å². The Bertz CT molecular complexity index is 383. The number of nitrogens with zero attached hydrogens (tertiary/aromatic N) is 1. The first kappa shape index (κ1) is 13.1. The lowest BCUT2D eigenvalue weighted by molar-refractivity contribution is -0.132. The first-order chi connectivity index (χ1) is 8.66. The molecule has 0 aromatic heterocycles. The fourth-order valence-corrected chi connectivity index (χ4v) is 2.44. The molecule has 3 heteroatoms. The van der Waals surface area contributed by atoms with Crippen molar-refractivity contribution >= 4 is 5.91 Å². The molecule has 3 nitrogen and oxygen atoms in total. The molecular formula is C15H22N2O. The highest BCUT2D eigenvalue weighted by atomic mass is 16.2. The molecule has 1 aliphatic rings. The molecule has 1 saturated heterocycles. The fraction of sp³-hybridized carbons (Fsp3) is 0.533. The van der Waals surface area contributed by atoms with Crippen molar-refractivity contribution in [1.29, 1.82) is 0 Å². The number of carbonyl (C=O) groups excluding carboxylic acids is 1. The average Bonchev–Trinajstić information content (AvgIpc) is 2.40. The van der Waals surface area contributed by atoms with E-state index in [9.17, 15) is 4.79 Å². The van der Waals surface area contributed by atoms with Crippen LogP contribution in [0.25, 0.3) is 0 Å². The zero-order chi connectivity index (χ0) is 13.0. The second-order valence-corrected chi connectivity index (χ2v) is 5.23. The van der Waals surface area contributed by atoms with Gasteiger partial charge in [0.25, 0.3) is 0 Å². The molecule has 0 aliphatic carbocycles. The second kappa shape index (κ2) is 6.01. The highest BCUT2D eigenvalue weighted by molar-refractivity contribution is 5.77. The molecule has 1 aromatic rings. The number of amides is 1. The van der Waals surface area contributed by atoms with Gasteiger partial charge in [-0.05, 0) is 24.3 Å². The summed E-state index contributed by atoms with van der Waals surface area (Å²) in [5, 5.41) is 0. The third-order valence-corrected chi connectivity index (χ3v) is 3.74. The van der Waals surface area contributed by atoms with E-state index in [1.807, 2.05) is 23.1 Å². The Labute approximate surface area is 109 Å². The maximum absolute atomic E-state index is 12.2. The highest BCUT2D eigenvalue weighted by Crippen LogP contribution is 2.20. The largest absolute Gasteiger partial charge is 0.343 e. The fourth-order valence-electron chi connectivity index (χ4n) is 2.44. The van der Waals surface area contributed by atoms with E-state index in [1.54, 1.807) is 0 Å². The molecule has 2 N–H and O–H groups in total. The topological polar surface area (TPSA) is 46.3 Å². The van der Waals surface area contributed by atoms with Gasteiger partial charge >= 0.3 is 0 Å². The number of benzene rings is 1. The van der Waals surface area contributed by atoms with E-state index in [0.717, 1.165) is 25.9 Å². The summed E-state index contributed by atoms with van der Waals surface area (Å²) in [4.78, 5) is 14.1. The first-order valence-electron chi connectivity index (χ1n) is 6.75. The quantitative estimate of drug-likeness (QED) is 0.888. The molecule has 98 valence electrons. The van der Waals surface area contributed by atoms with Crippen LogP contribution in [0, 0.1) is 0 Å². The molecule has 0 unspecified atom stereocenters. The van der Waals surface area contributed by atoms with Gasteiger partial charge in [-0.2, -0.15) is 0 Å².